The number of aliphatic imine (C=N–C) groups is 1. The van der Waals surface area contributed by atoms with Crippen LogP contribution in [0.1, 0.15) is 30.8 Å². The van der Waals surface area contributed by atoms with Crippen LogP contribution in [0, 0.1) is 0 Å². The maximum Gasteiger partial charge on any atom is 0.191 e. The second-order valence-electron chi connectivity index (χ2n) is 6.42. The van der Waals surface area contributed by atoms with E-state index in [-0.39, 0.29) is 24.0 Å². The molecule has 8 heteroatoms. The summed E-state index contributed by atoms with van der Waals surface area (Å²) >= 11 is 0. The van der Waals surface area contributed by atoms with Crippen LogP contribution in [0.25, 0.3) is 0 Å². The smallest absolute Gasteiger partial charge is 0.191 e. The van der Waals surface area contributed by atoms with Gasteiger partial charge in [-0.2, -0.15) is 0 Å². The first-order valence-electron chi connectivity index (χ1n) is 9.24. The molecule has 0 aliphatic heterocycles. The van der Waals surface area contributed by atoms with Gasteiger partial charge in [0, 0.05) is 32.6 Å². The zero-order chi connectivity index (χ0) is 18.8. The molecule has 0 spiro atoms. The number of guanidine groups is 1. The minimum Gasteiger partial charge on any atom is -0.357 e. The van der Waals surface area contributed by atoms with Crippen molar-refractivity contribution in [2.45, 2.75) is 39.9 Å². The van der Waals surface area contributed by atoms with Gasteiger partial charge in [-0.3, -0.25) is 0 Å². The lowest BCUT2D eigenvalue weighted by atomic mass is 10.1. The molecule has 150 valence electrons. The zero-order valence-electron chi connectivity index (χ0n) is 16.8. The van der Waals surface area contributed by atoms with Crippen LogP contribution in [0.3, 0.4) is 0 Å². The average Bonchev–Trinajstić information content (AvgIpc) is 3.08. The number of rotatable bonds is 9. The van der Waals surface area contributed by atoms with Crippen LogP contribution in [-0.2, 0) is 26.1 Å². The van der Waals surface area contributed by atoms with Gasteiger partial charge in [0.25, 0.3) is 0 Å². The summed E-state index contributed by atoms with van der Waals surface area (Å²) in [6, 6.07) is 8.47. The van der Waals surface area contributed by atoms with E-state index in [1.807, 2.05) is 0 Å². The maximum absolute atomic E-state index is 4.75. The summed E-state index contributed by atoms with van der Waals surface area (Å²) in [6.45, 7) is 8.16. The molecule has 1 aromatic heterocycles. The van der Waals surface area contributed by atoms with Crippen LogP contribution in [0.4, 0.5) is 0 Å². The van der Waals surface area contributed by atoms with Crippen molar-refractivity contribution >= 4 is 29.9 Å². The molecule has 0 amide bonds. The van der Waals surface area contributed by atoms with Crippen molar-refractivity contribution < 1.29 is 0 Å². The summed E-state index contributed by atoms with van der Waals surface area (Å²) in [7, 11) is 4.17. The van der Waals surface area contributed by atoms with E-state index in [9.17, 15) is 0 Å². The molecule has 0 fully saturated rings. The summed E-state index contributed by atoms with van der Waals surface area (Å²) in [5.74, 6) is 1.84. The van der Waals surface area contributed by atoms with Gasteiger partial charge in [0.1, 0.15) is 12.2 Å². The van der Waals surface area contributed by atoms with Crippen LogP contribution in [0.5, 0.6) is 0 Å². The molecule has 1 heterocycles. The molecule has 0 radical (unpaired) electrons. The van der Waals surface area contributed by atoms with Crippen LogP contribution in [-0.4, -0.2) is 52.8 Å². The van der Waals surface area contributed by atoms with Gasteiger partial charge in [0.05, 0.1) is 6.54 Å². The van der Waals surface area contributed by atoms with Gasteiger partial charge in [-0.05, 0) is 32.1 Å². The Labute approximate surface area is 179 Å². The Balaban J connectivity index is 0.00000364. The van der Waals surface area contributed by atoms with Crippen molar-refractivity contribution in [3.05, 3.63) is 47.5 Å². The first kappa shape index (κ1) is 23.4. The Morgan fingerprint density at radius 1 is 1.15 bits per heavy atom. The van der Waals surface area contributed by atoms with Gasteiger partial charge in [-0.1, -0.05) is 31.2 Å². The van der Waals surface area contributed by atoms with E-state index in [0.29, 0.717) is 6.54 Å². The minimum absolute atomic E-state index is 0. The summed E-state index contributed by atoms with van der Waals surface area (Å²) in [5.41, 5.74) is 2.57. The van der Waals surface area contributed by atoms with Crippen molar-refractivity contribution in [2.75, 3.05) is 27.2 Å². The fraction of sp³-hybridized carbons (Fsp3) is 0.526. The highest BCUT2D eigenvalue weighted by molar-refractivity contribution is 14.0. The quantitative estimate of drug-likeness (QED) is 0.324. The molecule has 1 aromatic carbocycles. The third-order valence-electron chi connectivity index (χ3n) is 4.01. The van der Waals surface area contributed by atoms with E-state index in [2.05, 4.69) is 82.5 Å². The van der Waals surface area contributed by atoms with Crippen molar-refractivity contribution in [3.8, 4) is 0 Å². The van der Waals surface area contributed by atoms with Gasteiger partial charge < -0.3 is 20.1 Å². The van der Waals surface area contributed by atoms with Gasteiger partial charge in [0.2, 0.25) is 0 Å². The fourth-order valence-corrected chi connectivity index (χ4v) is 2.75. The zero-order valence-corrected chi connectivity index (χ0v) is 19.1. The number of aromatic nitrogens is 3. The Kier molecular flexibility index (Phi) is 11.0. The van der Waals surface area contributed by atoms with Gasteiger partial charge in [-0.25, -0.2) is 4.99 Å². The number of aryl methyl sites for hydroxylation is 1. The Morgan fingerprint density at radius 3 is 2.56 bits per heavy atom. The van der Waals surface area contributed by atoms with Gasteiger partial charge in [0.15, 0.2) is 5.96 Å². The molecular weight excluding hydrogens is 453 g/mol. The first-order valence-corrected chi connectivity index (χ1v) is 9.24. The molecule has 0 atom stereocenters. The number of halogens is 1. The Bertz CT molecular complexity index is 697. The third kappa shape index (κ3) is 7.84. The van der Waals surface area contributed by atoms with Crippen LogP contribution < -0.4 is 10.6 Å². The van der Waals surface area contributed by atoms with Crippen LogP contribution >= 0.6 is 24.0 Å². The summed E-state index contributed by atoms with van der Waals surface area (Å²) in [6.07, 6.45) is 2.67. The van der Waals surface area contributed by atoms with E-state index < -0.39 is 0 Å². The molecule has 0 saturated heterocycles. The van der Waals surface area contributed by atoms with E-state index in [0.717, 1.165) is 44.4 Å². The van der Waals surface area contributed by atoms with Crippen LogP contribution in [0.15, 0.2) is 35.6 Å². The van der Waals surface area contributed by atoms with E-state index in [1.54, 1.807) is 6.33 Å². The lowest BCUT2D eigenvalue weighted by Crippen LogP contribution is -2.39. The second-order valence-corrected chi connectivity index (χ2v) is 6.42. The predicted molar refractivity (Wildman–Crippen MR) is 121 cm³/mol. The van der Waals surface area contributed by atoms with Crippen molar-refractivity contribution in [2.24, 2.45) is 4.99 Å². The number of nitrogens with zero attached hydrogens (tertiary/aromatic N) is 5. The Hall–Kier alpha value is -1.68. The molecule has 2 aromatic rings. The highest BCUT2D eigenvalue weighted by Crippen LogP contribution is 2.11. The van der Waals surface area contributed by atoms with Crippen LogP contribution in [0.2, 0.25) is 0 Å². The molecular formula is C19H32IN7. The molecule has 7 nitrogen and oxygen atoms in total. The van der Waals surface area contributed by atoms with E-state index in [1.165, 1.54) is 11.1 Å². The topological polar surface area (TPSA) is 70.4 Å². The number of hydrogen-bond donors (Lipinski definition) is 2. The third-order valence-corrected chi connectivity index (χ3v) is 4.01. The van der Waals surface area contributed by atoms with Crippen molar-refractivity contribution in [1.82, 2.24) is 30.3 Å². The molecule has 0 aliphatic carbocycles. The normalized spacial score (nSPS) is 11.4. The SMILES string of the molecule is CCNC(=NCc1ccccc1CN(C)C)NCCn1cnnc1CC.I. The minimum atomic E-state index is 0. The summed E-state index contributed by atoms with van der Waals surface area (Å²) < 4.78 is 2.07. The summed E-state index contributed by atoms with van der Waals surface area (Å²) in [4.78, 5) is 6.93. The van der Waals surface area contributed by atoms with Gasteiger partial charge in [-0.15, -0.1) is 34.2 Å². The monoisotopic (exact) mass is 485 g/mol. The Morgan fingerprint density at radius 2 is 1.89 bits per heavy atom. The number of hydrogen-bond acceptors (Lipinski definition) is 4. The molecule has 0 aliphatic rings. The first-order chi connectivity index (χ1) is 12.6. The molecule has 0 bridgehead atoms. The fourth-order valence-electron chi connectivity index (χ4n) is 2.75. The average molecular weight is 485 g/mol. The summed E-state index contributed by atoms with van der Waals surface area (Å²) in [5, 5.41) is 14.8. The lowest BCUT2D eigenvalue weighted by Gasteiger charge is -2.15. The molecule has 2 rings (SSSR count). The molecule has 0 unspecified atom stereocenters. The number of nitrogens with one attached hydrogen (secondary N) is 2. The predicted octanol–water partition coefficient (Wildman–Crippen LogP) is 2.28. The highest BCUT2D eigenvalue weighted by Gasteiger charge is 2.05. The highest BCUT2D eigenvalue weighted by atomic mass is 127. The van der Waals surface area contributed by atoms with E-state index in [4.69, 9.17) is 4.99 Å². The number of benzene rings is 1. The molecule has 2 N–H and O–H groups in total. The molecule has 0 saturated carbocycles. The second kappa shape index (κ2) is 12.7. The standard InChI is InChI=1S/C19H31N7.HI/c1-5-18-24-23-15-26(18)12-11-21-19(20-6-2)22-13-16-9-7-8-10-17(16)14-25(3)4;/h7-10,15H,5-6,11-14H2,1-4H3,(H2,20,21,22);1H. The van der Waals surface area contributed by atoms with E-state index >= 15 is 0 Å². The van der Waals surface area contributed by atoms with Crippen molar-refractivity contribution in [1.29, 1.82) is 0 Å². The lowest BCUT2D eigenvalue weighted by molar-refractivity contribution is 0.401. The van der Waals surface area contributed by atoms with Gasteiger partial charge >= 0.3 is 0 Å². The largest absolute Gasteiger partial charge is 0.357 e. The maximum atomic E-state index is 4.75. The van der Waals surface area contributed by atoms with Crippen molar-refractivity contribution in [3.63, 3.8) is 0 Å². The molecule has 27 heavy (non-hydrogen) atoms.